The number of nitrogens with zero attached hydrogens (tertiary/aromatic N) is 4. The second-order valence-corrected chi connectivity index (χ2v) is 7.95. The monoisotopic (exact) mass is 448 g/mol. The Morgan fingerprint density at radius 1 is 1.31 bits per heavy atom. The standard InChI is InChI=1S/C18H17ClN6O2S2/c1-25-14(10-21-15(26)7-6-12-4-2-3-5-13(12)19)23-24-18(25)29-11-16(27)22-17-20-8-9-28-17/h2-9H,10-11H2,1H3,(H,21,26)(H,20,22,27). The maximum absolute atomic E-state index is 12.0. The zero-order chi connectivity index (χ0) is 20.6. The molecule has 0 unspecified atom stereocenters. The highest BCUT2D eigenvalue weighted by Crippen LogP contribution is 2.18. The van der Waals surface area contributed by atoms with Gasteiger partial charge in [-0.25, -0.2) is 4.98 Å². The summed E-state index contributed by atoms with van der Waals surface area (Å²) in [7, 11) is 1.78. The summed E-state index contributed by atoms with van der Waals surface area (Å²) in [5.41, 5.74) is 0.762. The van der Waals surface area contributed by atoms with Crippen molar-refractivity contribution < 1.29 is 9.59 Å². The van der Waals surface area contributed by atoms with Crippen LogP contribution in [0.5, 0.6) is 0 Å². The zero-order valence-corrected chi connectivity index (χ0v) is 17.7. The van der Waals surface area contributed by atoms with Gasteiger partial charge in [-0.1, -0.05) is 41.6 Å². The molecular weight excluding hydrogens is 432 g/mol. The molecule has 3 aromatic rings. The van der Waals surface area contributed by atoms with Gasteiger partial charge in [0.1, 0.15) is 0 Å². The largest absolute Gasteiger partial charge is 0.345 e. The molecule has 2 heterocycles. The van der Waals surface area contributed by atoms with Gasteiger partial charge in [0, 0.05) is 29.7 Å². The number of aromatic nitrogens is 4. The van der Waals surface area contributed by atoms with Crippen molar-refractivity contribution in [3.63, 3.8) is 0 Å². The zero-order valence-electron chi connectivity index (χ0n) is 15.3. The summed E-state index contributed by atoms with van der Waals surface area (Å²) in [5.74, 6) is 0.308. The van der Waals surface area contributed by atoms with Crippen LogP contribution in [0.25, 0.3) is 6.08 Å². The molecule has 2 aromatic heterocycles. The van der Waals surface area contributed by atoms with Gasteiger partial charge in [0.25, 0.3) is 0 Å². The Bertz CT molecular complexity index is 1020. The predicted octanol–water partition coefficient (Wildman–Crippen LogP) is 2.99. The van der Waals surface area contributed by atoms with Gasteiger partial charge >= 0.3 is 0 Å². The first kappa shape index (κ1) is 21.0. The highest BCUT2D eigenvalue weighted by atomic mass is 35.5. The van der Waals surface area contributed by atoms with Gasteiger partial charge in [0.05, 0.1) is 12.3 Å². The maximum Gasteiger partial charge on any atom is 0.244 e. The lowest BCUT2D eigenvalue weighted by atomic mass is 10.2. The molecular formula is C18H17ClN6O2S2. The van der Waals surface area contributed by atoms with Gasteiger partial charge in [-0.3, -0.25) is 9.59 Å². The number of thioether (sulfide) groups is 1. The number of hydrogen-bond donors (Lipinski definition) is 2. The Morgan fingerprint density at radius 2 is 2.14 bits per heavy atom. The average Bonchev–Trinajstić information content (AvgIpc) is 3.34. The molecule has 150 valence electrons. The molecule has 0 radical (unpaired) electrons. The smallest absolute Gasteiger partial charge is 0.244 e. The minimum atomic E-state index is -0.273. The Hall–Kier alpha value is -2.69. The molecule has 3 rings (SSSR count). The van der Waals surface area contributed by atoms with E-state index in [-0.39, 0.29) is 24.1 Å². The van der Waals surface area contributed by atoms with Crippen LogP contribution in [0.3, 0.4) is 0 Å². The first-order valence-electron chi connectivity index (χ1n) is 8.44. The molecule has 0 spiro atoms. The van der Waals surface area contributed by atoms with Crippen molar-refractivity contribution in [1.82, 2.24) is 25.1 Å². The van der Waals surface area contributed by atoms with Crippen LogP contribution in [0.2, 0.25) is 5.02 Å². The molecule has 2 N–H and O–H groups in total. The van der Waals surface area contributed by atoms with Gasteiger partial charge in [-0.15, -0.1) is 21.5 Å². The van der Waals surface area contributed by atoms with Crippen LogP contribution in [0, 0.1) is 0 Å². The van der Waals surface area contributed by atoms with E-state index in [1.165, 1.54) is 29.2 Å². The average molecular weight is 449 g/mol. The van der Waals surface area contributed by atoms with Crippen LogP contribution in [-0.4, -0.2) is 37.3 Å². The van der Waals surface area contributed by atoms with E-state index in [1.807, 2.05) is 18.2 Å². The molecule has 0 aliphatic heterocycles. The van der Waals surface area contributed by atoms with Gasteiger partial charge in [0.2, 0.25) is 11.8 Å². The molecule has 29 heavy (non-hydrogen) atoms. The van der Waals surface area contributed by atoms with E-state index in [9.17, 15) is 9.59 Å². The molecule has 0 aliphatic rings. The molecule has 2 amide bonds. The summed E-state index contributed by atoms with van der Waals surface area (Å²) >= 11 is 8.67. The third-order valence-corrected chi connectivity index (χ3v) is 5.73. The topological polar surface area (TPSA) is 102 Å². The van der Waals surface area contributed by atoms with E-state index in [0.717, 1.165) is 5.56 Å². The van der Waals surface area contributed by atoms with Crippen LogP contribution in [0.15, 0.2) is 47.1 Å². The van der Waals surface area contributed by atoms with E-state index in [4.69, 9.17) is 11.6 Å². The quantitative estimate of drug-likeness (QED) is 0.405. The Labute approximate surface area is 180 Å². The Balaban J connectivity index is 1.48. The van der Waals surface area contributed by atoms with E-state index in [2.05, 4.69) is 25.8 Å². The Kier molecular flexibility index (Phi) is 7.39. The van der Waals surface area contributed by atoms with Crippen molar-refractivity contribution in [2.45, 2.75) is 11.7 Å². The van der Waals surface area contributed by atoms with Crippen LogP contribution in [-0.2, 0) is 23.2 Å². The second-order valence-electron chi connectivity index (χ2n) is 5.70. The van der Waals surface area contributed by atoms with E-state index < -0.39 is 0 Å². The number of rotatable bonds is 8. The summed E-state index contributed by atoms with van der Waals surface area (Å²) in [6, 6.07) is 7.25. The normalized spacial score (nSPS) is 11.0. The van der Waals surface area contributed by atoms with E-state index >= 15 is 0 Å². The fourth-order valence-electron chi connectivity index (χ4n) is 2.20. The first-order valence-corrected chi connectivity index (χ1v) is 10.7. The lowest BCUT2D eigenvalue weighted by Crippen LogP contribution is -2.22. The first-order chi connectivity index (χ1) is 14.0. The number of carbonyl (C=O) groups is 2. The summed E-state index contributed by atoms with van der Waals surface area (Å²) in [6.07, 6.45) is 4.69. The van der Waals surface area contributed by atoms with Crippen molar-refractivity contribution >= 4 is 57.7 Å². The summed E-state index contributed by atoms with van der Waals surface area (Å²) in [4.78, 5) is 28.0. The third kappa shape index (κ3) is 6.14. The molecule has 1 aromatic carbocycles. The lowest BCUT2D eigenvalue weighted by Gasteiger charge is -2.04. The maximum atomic E-state index is 12.0. The second kappa shape index (κ2) is 10.2. The fraction of sp³-hybridized carbons (Fsp3) is 0.167. The van der Waals surface area contributed by atoms with Crippen molar-refractivity contribution in [3.05, 3.63) is 58.3 Å². The van der Waals surface area contributed by atoms with Crippen LogP contribution in [0.1, 0.15) is 11.4 Å². The number of hydrogen-bond acceptors (Lipinski definition) is 7. The van der Waals surface area contributed by atoms with Crippen LogP contribution < -0.4 is 10.6 Å². The van der Waals surface area contributed by atoms with Gasteiger partial charge in [-0.05, 0) is 17.7 Å². The van der Waals surface area contributed by atoms with Gasteiger partial charge < -0.3 is 15.2 Å². The third-order valence-electron chi connectivity index (χ3n) is 3.68. The Morgan fingerprint density at radius 3 is 2.90 bits per heavy atom. The minimum absolute atomic E-state index is 0.174. The SMILES string of the molecule is Cn1c(CNC(=O)C=Cc2ccccc2Cl)nnc1SCC(=O)Nc1nccs1. The highest BCUT2D eigenvalue weighted by Gasteiger charge is 2.12. The van der Waals surface area contributed by atoms with Crippen LogP contribution >= 0.6 is 34.7 Å². The number of carbonyl (C=O) groups excluding carboxylic acids is 2. The summed E-state index contributed by atoms with van der Waals surface area (Å²) in [6.45, 7) is 0.209. The molecule has 0 saturated carbocycles. The number of amides is 2. The number of halogens is 1. The number of benzene rings is 1. The van der Waals surface area contributed by atoms with Crippen LogP contribution in [0.4, 0.5) is 5.13 Å². The molecule has 0 atom stereocenters. The number of thiazole rings is 1. The minimum Gasteiger partial charge on any atom is -0.345 e. The van der Waals surface area contributed by atoms with E-state index in [0.29, 0.717) is 21.1 Å². The fourth-order valence-corrected chi connectivity index (χ4v) is 3.67. The number of anilines is 1. The predicted molar refractivity (Wildman–Crippen MR) is 115 cm³/mol. The molecule has 0 bridgehead atoms. The lowest BCUT2D eigenvalue weighted by molar-refractivity contribution is -0.116. The van der Waals surface area contributed by atoms with Crippen molar-refractivity contribution in [2.24, 2.45) is 7.05 Å². The summed E-state index contributed by atoms with van der Waals surface area (Å²) < 4.78 is 1.74. The highest BCUT2D eigenvalue weighted by molar-refractivity contribution is 7.99. The van der Waals surface area contributed by atoms with Crippen molar-refractivity contribution in [2.75, 3.05) is 11.1 Å². The summed E-state index contributed by atoms with van der Waals surface area (Å²) in [5, 5.41) is 17.1. The molecule has 11 heteroatoms. The molecule has 0 aliphatic carbocycles. The van der Waals surface area contributed by atoms with Gasteiger partial charge in [-0.2, -0.15) is 0 Å². The number of nitrogens with one attached hydrogen (secondary N) is 2. The van der Waals surface area contributed by atoms with E-state index in [1.54, 1.807) is 35.3 Å². The van der Waals surface area contributed by atoms with Gasteiger partial charge in [0.15, 0.2) is 16.1 Å². The van der Waals surface area contributed by atoms with Crippen molar-refractivity contribution in [1.29, 1.82) is 0 Å². The molecule has 0 saturated heterocycles. The molecule has 8 nitrogen and oxygen atoms in total. The van der Waals surface area contributed by atoms with Crippen molar-refractivity contribution in [3.8, 4) is 0 Å². The molecule has 0 fully saturated rings.